The fourth-order valence-electron chi connectivity index (χ4n) is 4.03. The molecule has 0 fully saturated rings. The van der Waals surface area contributed by atoms with Gasteiger partial charge in [0.15, 0.2) is 5.43 Å². The molecule has 1 aliphatic heterocycles. The van der Waals surface area contributed by atoms with E-state index in [4.69, 9.17) is 4.74 Å². The van der Waals surface area contributed by atoms with Crippen molar-refractivity contribution in [3.8, 4) is 5.75 Å². The predicted octanol–water partition coefficient (Wildman–Crippen LogP) is 2.85. The van der Waals surface area contributed by atoms with Crippen LogP contribution >= 0.6 is 0 Å². The molecule has 1 aromatic heterocycles. The number of amides is 1. The van der Waals surface area contributed by atoms with Crippen LogP contribution < -0.4 is 15.5 Å². The lowest BCUT2D eigenvalue weighted by molar-refractivity contribution is -0.117. The van der Waals surface area contributed by atoms with Gasteiger partial charge in [-0.3, -0.25) is 14.5 Å². The highest BCUT2D eigenvalue weighted by atomic mass is 16.5. The van der Waals surface area contributed by atoms with E-state index in [9.17, 15) is 9.59 Å². The molecule has 0 bridgehead atoms. The average Bonchev–Trinajstić information content (AvgIpc) is 2.72. The van der Waals surface area contributed by atoms with Gasteiger partial charge in [-0.2, -0.15) is 0 Å². The van der Waals surface area contributed by atoms with Crippen molar-refractivity contribution in [2.45, 2.75) is 19.9 Å². The Morgan fingerprint density at radius 2 is 1.93 bits per heavy atom. The second kappa shape index (κ2) is 7.72. The summed E-state index contributed by atoms with van der Waals surface area (Å²) in [5.74, 6) is 0.654. The number of pyridine rings is 1. The Morgan fingerprint density at radius 3 is 2.66 bits per heavy atom. The maximum atomic E-state index is 13.1. The number of hydrogen-bond donors (Lipinski definition) is 1. The van der Waals surface area contributed by atoms with Crippen LogP contribution in [0.3, 0.4) is 0 Å². The van der Waals surface area contributed by atoms with Crippen molar-refractivity contribution in [1.82, 2.24) is 9.47 Å². The predicted molar refractivity (Wildman–Crippen MR) is 115 cm³/mol. The second-order valence-electron chi connectivity index (χ2n) is 7.57. The molecule has 1 N–H and O–H groups in total. The number of anilines is 1. The Morgan fingerprint density at radius 1 is 1.17 bits per heavy atom. The van der Waals surface area contributed by atoms with Crippen LogP contribution in [0.4, 0.5) is 5.69 Å². The normalized spacial score (nSPS) is 13.9. The third-order valence-corrected chi connectivity index (χ3v) is 5.57. The zero-order chi connectivity index (χ0) is 20.5. The minimum atomic E-state index is -0.0907. The van der Waals surface area contributed by atoms with Crippen LogP contribution in [0.2, 0.25) is 0 Å². The highest BCUT2D eigenvalue weighted by molar-refractivity contribution is 5.92. The number of carbonyl (C=O) groups excluding carboxylic acids is 1. The van der Waals surface area contributed by atoms with Gasteiger partial charge in [-0.05, 0) is 43.3 Å². The molecule has 2 aromatic carbocycles. The molecule has 0 atom stereocenters. The number of aryl methyl sites for hydroxylation is 2. The van der Waals surface area contributed by atoms with E-state index in [1.165, 1.54) is 0 Å². The first kappa shape index (κ1) is 19.2. The molecule has 0 radical (unpaired) electrons. The summed E-state index contributed by atoms with van der Waals surface area (Å²) < 4.78 is 7.26. The fourth-order valence-corrected chi connectivity index (χ4v) is 4.03. The fraction of sp³-hybridized carbons (Fsp3) is 0.304. The Balaban J connectivity index is 1.52. The van der Waals surface area contributed by atoms with Crippen molar-refractivity contribution in [3.05, 3.63) is 69.5 Å². The van der Waals surface area contributed by atoms with E-state index in [1.54, 1.807) is 7.11 Å². The lowest BCUT2D eigenvalue weighted by Gasteiger charge is -2.29. The molecule has 1 amide bonds. The van der Waals surface area contributed by atoms with Crippen LogP contribution in [0, 0.1) is 6.92 Å². The molecule has 0 aliphatic carbocycles. The number of fused-ring (bicyclic) bond motifs is 2. The maximum Gasteiger partial charge on any atom is 0.238 e. The Bertz CT molecular complexity index is 1130. The van der Waals surface area contributed by atoms with Crippen LogP contribution in [0.25, 0.3) is 10.9 Å². The van der Waals surface area contributed by atoms with Gasteiger partial charge >= 0.3 is 0 Å². The molecule has 0 saturated heterocycles. The minimum Gasteiger partial charge on any atom is -0.497 e. The quantitative estimate of drug-likeness (QED) is 0.743. The van der Waals surface area contributed by atoms with Gasteiger partial charge in [0, 0.05) is 48.9 Å². The van der Waals surface area contributed by atoms with Crippen molar-refractivity contribution in [3.63, 3.8) is 0 Å². The van der Waals surface area contributed by atoms with Gasteiger partial charge in [0.1, 0.15) is 5.75 Å². The summed E-state index contributed by atoms with van der Waals surface area (Å²) in [4.78, 5) is 27.6. The first-order valence-corrected chi connectivity index (χ1v) is 9.73. The van der Waals surface area contributed by atoms with Gasteiger partial charge in [-0.15, -0.1) is 0 Å². The summed E-state index contributed by atoms with van der Waals surface area (Å²) in [7, 11) is 3.62. The highest BCUT2D eigenvalue weighted by Gasteiger charge is 2.24. The van der Waals surface area contributed by atoms with Crippen LogP contribution in [-0.2, 0) is 24.8 Å². The lowest BCUT2D eigenvalue weighted by Crippen LogP contribution is -2.40. The number of methoxy groups -OCH3 is 1. The van der Waals surface area contributed by atoms with Crippen LogP contribution in [0.5, 0.6) is 5.75 Å². The number of aromatic nitrogens is 1. The molecule has 3 aromatic rings. The first-order valence-electron chi connectivity index (χ1n) is 9.73. The number of carbonyl (C=O) groups is 1. The van der Waals surface area contributed by atoms with Crippen LogP contribution in [-0.4, -0.2) is 35.6 Å². The number of nitrogens with zero attached hydrogens (tertiary/aromatic N) is 2. The van der Waals surface area contributed by atoms with E-state index in [0.717, 1.165) is 52.1 Å². The lowest BCUT2D eigenvalue weighted by atomic mass is 10.0. The molecule has 0 saturated carbocycles. The summed E-state index contributed by atoms with van der Waals surface area (Å²) in [5.41, 5.74) is 4.71. The topological polar surface area (TPSA) is 63.6 Å². The zero-order valence-electron chi connectivity index (χ0n) is 17.0. The van der Waals surface area contributed by atoms with Crippen molar-refractivity contribution in [2.24, 2.45) is 7.05 Å². The summed E-state index contributed by atoms with van der Waals surface area (Å²) in [6, 6.07) is 13.2. The van der Waals surface area contributed by atoms with Crippen molar-refractivity contribution >= 4 is 22.5 Å². The number of benzene rings is 2. The molecular formula is C23H25N3O3. The summed E-state index contributed by atoms with van der Waals surface area (Å²) in [6.45, 7) is 3.48. The van der Waals surface area contributed by atoms with E-state index in [0.29, 0.717) is 6.54 Å². The Labute approximate surface area is 169 Å². The minimum absolute atomic E-state index is 0.0806. The SMILES string of the molecule is COc1ccc(NC(=O)CN2CCc3c(c(=O)c4cc(C)ccc4n3C)C2)cc1. The smallest absolute Gasteiger partial charge is 0.238 e. The summed E-state index contributed by atoms with van der Waals surface area (Å²) in [6.07, 6.45) is 0.751. The first-order chi connectivity index (χ1) is 14.0. The molecule has 0 spiro atoms. The summed E-state index contributed by atoms with van der Waals surface area (Å²) in [5, 5.41) is 3.65. The van der Waals surface area contributed by atoms with Gasteiger partial charge in [-0.1, -0.05) is 11.6 Å². The standard InChI is InChI=1S/C23H25N3O3/c1-15-4-9-20-18(12-15)23(28)19-13-26(11-10-21(19)25(20)2)14-22(27)24-16-5-7-17(29-3)8-6-16/h4-9,12H,10-11,13-14H2,1-3H3,(H,24,27). The summed E-state index contributed by atoms with van der Waals surface area (Å²) >= 11 is 0. The molecule has 1 aliphatic rings. The number of nitrogens with one attached hydrogen (secondary N) is 1. The van der Waals surface area contributed by atoms with Crippen LogP contribution in [0.1, 0.15) is 16.8 Å². The molecule has 0 unspecified atom stereocenters. The largest absolute Gasteiger partial charge is 0.497 e. The maximum absolute atomic E-state index is 13.1. The number of rotatable bonds is 4. The third-order valence-electron chi connectivity index (χ3n) is 5.57. The van der Waals surface area contributed by atoms with Crippen molar-refractivity contribution in [1.29, 1.82) is 0 Å². The number of ether oxygens (including phenoxy) is 1. The van der Waals surface area contributed by atoms with Gasteiger partial charge in [-0.25, -0.2) is 0 Å². The average molecular weight is 391 g/mol. The van der Waals surface area contributed by atoms with Gasteiger partial charge in [0.05, 0.1) is 19.2 Å². The van der Waals surface area contributed by atoms with Crippen LogP contribution in [0.15, 0.2) is 47.3 Å². The monoisotopic (exact) mass is 391 g/mol. The molecule has 29 heavy (non-hydrogen) atoms. The Kier molecular flexibility index (Phi) is 5.11. The van der Waals surface area contributed by atoms with Crippen molar-refractivity contribution in [2.75, 3.05) is 25.5 Å². The third kappa shape index (κ3) is 3.76. The van der Waals surface area contributed by atoms with Gasteiger partial charge in [0.25, 0.3) is 0 Å². The second-order valence-corrected chi connectivity index (χ2v) is 7.57. The number of hydrogen-bond acceptors (Lipinski definition) is 4. The molecule has 4 rings (SSSR count). The molecule has 6 heteroatoms. The zero-order valence-corrected chi connectivity index (χ0v) is 17.0. The van der Waals surface area contributed by atoms with Crippen molar-refractivity contribution < 1.29 is 9.53 Å². The van der Waals surface area contributed by atoms with E-state index < -0.39 is 0 Å². The van der Waals surface area contributed by atoms with Gasteiger partial charge < -0.3 is 14.6 Å². The van der Waals surface area contributed by atoms with E-state index in [2.05, 4.69) is 9.88 Å². The molecule has 150 valence electrons. The van der Waals surface area contributed by atoms with E-state index in [-0.39, 0.29) is 17.9 Å². The van der Waals surface area contributed by atoms with E-state index in [1.807, 2.05) is 61.3 Å². The van der Waals surface area contributed by atoms with E-state index >= 15 is 0 Å². The highest BCUT2D eigenvalue weighted by Crippen LogP contribution is 2.22. The molecule has 2 heterocycles. The Hall–Kier alpha value is -3.12. The molecule has 6 nitrogen and oxygen atoms in total. The van der Waals surface area contributed by atoms with Gasteiger partial charge in [0.2, 0.25) is 5.91 Å². The molecular weight excluding hydrogens is 366 g/mol.